The summed E-state index contributed by atoms with van der Waals surface area (Å²) >= 11 is 0. The lowest BCUT2D eigenvalue weighted by atomic mass is 10.2. The van der Waals surface area contributed by atoms with Crippen LogP contribution >= 0.6 is 0 Å². The third-order valence-electron chi connectivity index (χ3n) is 5.19. The van der Waals surface area contributed by atoms with E-state index >= 15 is 0 Å². The Balaban J connectivity index is 0.00000306. The number of fused-ring (bicyclic) bond motifs is 1. The minimum Gasteiger partial charge on any atom is -0.497 e. The molecule has 2 aromatic heterocycles. The molecule has 0 unspecified atom stereocenters. The molecular formula is C23H26N4O5. The molecule has 4 rings (SSSR count). The zero-order valence-electron chi connectivity index (χ0n) is 17.9. The summed E-state index contributed by atoms with van der Waals surface area (Å²) in [6.45, 7) is 0.322. The average Bonchev–Trinajstić information content (AvgIpc) is 3.17. The van der Waals surface area contributed by atoms with E-state index in [1.54, 1.807) is 43.0 Å². The number of benzene rings is 2. The highest BCUT2D eigenvalue weighted by molar-refractivity contribution is 5.72. The molecule has 4 aromatic rings. The van der Waals surface area contributed by atoms with Gasteiger partial charge >= 0.3 is 11.7 Å². The van der Waals surface area contributed by atoms with E-state index in [4.69, 9.17) is 9.47 Å². The maximum absolute atomic E-state index is 13.3. The molecule has 2 aromatic carbocycles. The second-order valence-electron chi connectivity index (χ2n) is 7.29. The molecule has 0 bridgehead atoms. The van der Waals surface area contributed by atoms with Crippen LogP contribution in [0.15, 0.2) is 64.2 Å². The van der Waals surface area contributed by atoms with Crippen molar-refractivity contribution in [3.8, 4) is 17.5 Å². The fourth-order valence-corrected chi connectivity index (χ4v) is 3.52. The van der Waals surface area contributed by atoms with Gasteiger partial charge in [-0.1, -0.05) is 30.3 Å². The molecule has 0 aliphatic carbocycles. The number of aliphatic hydroxyl groups excluding tert-OH is 1. The Morgan fingerprint density at radius 3 is 2.34 bits per heavy atom. The van der Waals surface area contributed by atoms with Crippen LogP contribution in [0.25, 0.3) is 11.2 Å². The Labute approximate surface area is 185 Å². The zero-order valence-corrected chi connectivity index (χ0v) is 17.9. The van der Waals surface area contributed by atoms with Crippen LogP contribution in [-0.4, -0.2) is 37.5 Å². The first kappa shape index (κ1) is 21.4. The quantitative estimate of drug-likeness (QED) is 0.453. The first-order valence-electron chi connectivity index (χ1n) is 10.2. The monoisotopic (exact) mass is 438 g/mol. The number of aryl methyl sites for hydroxylation is 1. The molecule has 168 valence electrons. The molecule has 0 amide bonds. The fraction of sp³-hybridized carbons (Fsp3) is 0.261. The largest absolute Gasteiger partial charge is 0.497 e. The number of aliphatic hydroxyl groups is 1. The summed E-state index contributed by atoms with van der Waals surface area (Å²) in [6, 6.07) is 16.8. The molecule has 9 nitrogen and oxygen atoms in total. The molecule has 0 aliphatic heterocycles. The summed E-state index contributed by atoms with van der Waals surface area (Å²) in [4.78, 5) is 30.6. The van der Waals surface area contributed by atoms with Gasteiger partial charge in [-0.3, -0.25) is 18.5 Å². The molecule has 9 heteroatoms. The minimum atomic E-state index is -0.490. The Kier molecular flexibility index (Phi) is 6.09. The third kappa shape index (κ3) is 4.02. The van der Waals surface area contributed by atoms with Gasteiger partial charge in [-0.25, -0.2) is 4.79 Å². The van der Waals surface area contributed by atoms with Crippen molar-refractivity contribution < 1.29 is 16.0 Å². The highest BCUT2D eigenvalue weighted by atomic mass is 16.5. The maximum atomic E-state index is 13.3. The van der Waals surface area contributed by atoms with Gasteiger partial charge in [0.2, 0.25) is 0 Å². The van der Waals surface area contributed by atoms with E-state index in [2.05, 4.69) is 4.98 Å². The number of hydrogen-bond donors (Lipinski definition) is 1. The van der Waals surface area contributed by atoms with Crippen LogP contribution < -0.4 is 20.7 Å². The Morgan fingerprint density at radius 2 is 1.69 bits per heavy atom. The van der Waals surface area contributed by atoms with Crippen LogP contribution in [0.4, 0.5) is 0 Å². The molecule has 1 N–H and O–H groups in total. The van der Waals surface area contributed by atoms with Gasteiger partial charge in [0.05, 0.1) is 13.7 Å². The van der Waals surface area contributed by atoms with Gasteiger partial charge in [-0.2, -0.15) is 4.98 Å². The molecule has 0 saturated carbocycles. The Hall–Kier alpha value is -3.85. The number of ether oxygens (including phenoxy) is 2. The molecule has 0 aliphatic rings. The molecule has 0 atom stereocenters. The number of methoxy groups -OCH3 is 1. The zero-order chi connectivity index (χ0) is 22.7. The standard InChI is InChI=1S/C23H24N4O5.H2/c1-25-20-19(21(29)26(23(25)30)13-6-14-28)27(15-16-7-4-3-5-8-16)22(24-20)32-18-11-9-17(31-2)10-12-18;/h3-5,7-12,28H,6,13-15H2,1-2H3;1H. The van der Waals surface area contributed by atoms with Crippen molar-refractivity contribution in [3.63, 3.8) is 0 Å². The summed E-state index contributed by atoms with van der Waals surface area (Å²) in [7, 11) is 3.15. The van der Waals surface area contributed by atoms with Gasteiger partial charge in [0.25, 0.3) is 5.56 Å². The normalized spacial score (nSPS) is 11.1. The SMILES string of the molecule is COc1ccc(Oc2nc3c(c(=O)n(CCCO)c(=O)n3C)n2Cc2ccccc2)cc1.[HH]. The lowest BCUT2D eigenvalue weighted by Crippen LogP contribution is -2.39. The number of hydrogen-bond acceptors (Lipinski definition) is 6. The van der Waals surface area contributed by atoms with Gasteiger partial charge in [0.1, 0.15) is 11.5 Å². The van der Waals surface area contributed by atoms with Crippen molar-refractivity contribution in [3.05, 3.63) is 81.0 Å². The van der Waals surface area contributed by atoms with E-state index in [9.17, 15) is 14.7 Å². The summed E-state index contributed by atoms with van der Waals surface area (Å²) in [5, 5.41) is 9.18. The van der Waals surface area contributed by atoms with Crippen LogP contribution in [0.3, 0.4) is 0 Å². The average molecular weight is 438 g/mol. The summed E-state index contributed by atoms with van der Waals surface area (Å²) in [6.07, 6.45) is 0.294. The molecule has 2 heterocycles. The topological polar surface area (TPSA) is 101 Å². The first-order valence-corrected chi connectivity index (χ1v) is 10.2. The van der Waals surface area contributed by atoms with Gasteiger partial charge in [-0.15, -0.1) is 0 Å². The lowest BCUT2D eigenvalue weighted by Gasteiger charge is -2.11. The highest BCUT2D eigenvalue weighted by Crippen LogP contribution is 2.26. The first-order chi connectivity index (χ1) is 15.5. The van der Waals surface area contributed by atoms with Crippen molar-refractivity contribution in [1.82, 2.24) is 18.7 Å². The smallest absolute Gasteiger partial charge is 0.332 e. The van der Waals surface area contributed by atoms with Crippen molar-refractivity contribution in [1.29, 1.82) is 0 Å². The van der Waals surface area contributed by atoms with E-state index in [0.717, 1.165) is 10.1 Å². The van der Waals surface area contributed by atoms with Gasteiger partial charge in [0.15, 0.2) is 11.2 Å². The van der Waals surface area contributed by atoms with Crippen molar-refractivity contribution in [2.75, 3.05) is 13.7 Å². The van der Waals surface area contributed by atoms with Gasteiger partial charge in [0, 0.05) is 21.6 Å². The van der Waals surface area contributed by atoms with Crippen molar-refractivity contribution >= 4 is 11.2 Å². The van der Waals surface area contributed by atoms with E-state index in [0.29, 0.717) is 24.5 Å². The van der Waals surface area contributed by atoms with Gasteiger partial charge < -0.3 is 14.6 Å². The summed E-state index contributed by atoms with van der Waals surface area (Å²) in [5.74, 6) is 1.20. The Morgan fingerprint density at radius 1 is 1.00 bits per heavy atom. The molecule has 0 spiro atoms. The number of aromatic nitrogens is 4. The van der Waals surface area contributed by atoms with E-state index in [1.807, 2.05) is 30.3 Å². The van der Waals surface area contributed by atoms with Crippen LogP contribution in [-0.2, 0) is 20.1 Å². The van der Waals surface area contributed by atoms with E-state index < -0.39 is 11.2 Å². The highest BCUT2D eigenvalue weighted by Gasteiger charge is 2.22. The van der Waals surface area contributed by atoms with E-state index in [-0.39, 0.29) is 31.8 Å². The third-order valence-corrected chi connectivity index (χ3v) is 5.19. The van der Waals surface area contributed by atoms with Crippen LogP contribution in [0, 0.1) is 0 Å². The minimum absolute atomic E-state index is 0. The second-order valence-corrected chi connectivity index (χ2v) is 7.29. The second kappa shape index (κ2) is 9.11. The predicted octanol–water partition coefficient (Wildman–Crippen LogP) is 2.37. The van der Waals surface area contributed by atoms with E-state index in [1.165, 1.54) is 4.57 Å². The van der Waals surface area contributed by atoms with Crippen molar-refractivity contribution in [2.45, 2.75) is 19.5 Å². The molecule has 0 radical (unpaired) electrons. The molecule has 0 saturated heterocycles. The number of rotatable bonds is 8. The maximum Gasteiger partial charge on any atom is 0.332 e. The van der Waals surface area contributed by atoms with Gasteiger partial charge in [-0.05, 0) is 36.2 Å². The molecular weight excluding hydrogens is 412 g/mol. The summed E-state index contributed by atoms with van der Waals surface area (Å²) < 4.78 is 15.3. The summed E-state index contributed by atoms with van der Waals surface area (Å²) in [5.41, 5.74) is 0.486. The van der Waals surface area contributed by atoms with Crippen LogP contribution in [0.1, 0.15) is 13.4 Å². The number of imidazole rings is 1. The lowest BCUT2D eigenvalue weighted by molar-refractivity contribution is 0.277. The predicted molar refractivity (Wildman–Crippen MR) is 122 cm³/mol. The molecule has 32 heavy (non-hydrogen) atoms. The number of nitrogens with zero attached hydrogens (tertiary/aromatic N) is 4. The van der Waals surface area contributed by atoms with Crippen LogP contribution in [0.2, 0.25) is 0 Å². The van der Waals surface area contributed by atoms with Crippen molar-refractivity contribution in [2.24, 2.45) is 7.05 Å². The Bertz CT molecular complexity index is 1340. The van der Waals surface area contributed by atoms with Crippen LogP contribution in [0.5, 0.6) is 17.5 Å². The molecule has 0 fully saturated rings. The fourth-order valence-electron chi connectivity index (χ4n) is 3.52.